The Morgan fingerprint density at radius 1 is 1.50 bits per heavy atom. The summed E-state index contributed by atoms with van der Waals surface area (Å²) in [7, 11) is 0. The van der Waals surface area contributed by atoms with E-state index >= 15 is 0 Å². The summed E-state index contributed by atoms with van der Waals surface area (Å²) in [6.45, 7) is 1.05. The maximum atomic E-state index is 14.2. The number of alkyl halides is 1. The maximum absolute atomic E-state index is 14.2. The molecule has 0 N–H and O–H groups in total. The molecule has 6 heteroatoms. The third-order valence-electron chi connectivity index (χ3n) is 4.73. The largest absolute Gasteiger partial charge is 0.484 e. The molecule has 0 radical (unpaired) electrons. The van der Waals surface area contributed by atoms with E-state index in [0.717, 1.165) is 12.8 Å². The zero-order chi connectivity index (χ0) is 15.2. The molecule has 4 rings (SSSR count). The highest BCUT2D eigenvalue weighted by Crippen LogP contribution is 2.44. The zero-order valence-corrected chi connectivity index (χ0v) is 12.3. The summed E-state index contributed by atoms with van der Waals surface area (Å²) in [5.41, 5.74) is -1.63. The summed E-state index contributed by atoms with van der Waals surface area (Å²) in [4.78, 5) is 18.1. The molecule has 3 atom stereocenters. The molecule has 2 aliphatic heterocycles. The first kappa shape index (κ1) is 13.9. The Hall–Kier alpha value is -1.69. The number of halogens is 1. The number of rotatable bonds is 3. The van der Waals surface area contributed by atoms with Crippen LogP contribution in [0.5, 0.6) is 5.75 Å². The van der Waals surface area contributed by atoms with Crippen LogP contribution in [0.3, 0.4) is 0 Å². The van der Waals surface area contributed by atoms with Crippen LogP contribution in [-0.4, -0.2) is 52.9 Å². The fourth-order valence-corrected chi connectivity index (χ4v) is 3.42. The topological polar surface area (TPSA) is 51.7 Å². The van der Waals surface area contributed by atoms with Gasteiger partial charge in [0.1, 0.15) is 18.0 Å². The summed E-state index contributed by atoms with van der Waals surface area (Å²) >= 11 is 0. The van der Waals surface area contributed by atoms with Crippen molar-refractivity contribution >= 4 is 5.91 Å². The zero-order valence-electron chi connectivity index (χ0n) is 12.3. The molecule has 0 unspecified atom stereocenters. The monoisotopic (exact) mass is 306 g/mol. The Morgan fingerprint density at radius 2 is 2.36 bits per heavy atom. The Morgan fingerprint density at radius 3 is 3.09 bits per heavy atom. The average Bonchev–Trinajstić information content (AvgIpc) is 3.21. The van der Waals surface area contributed by atoms with Gasteiger partial charge >= 0.3 is 0 Å². The molecule has 0 bridgehead atoms. The lowest BCUT2D eigenvalue weighted by molar-refractivity contribution is -0.141. The molecular weight excluding hydrogens is 287 g/mol. The molecule has 1 saturated carbocycles. The number of fused-ring (bicyclic) bond motifs is 1. The number of likely N-dealkylation sites (tertiary alicyclic amines) is 1. The highest BCUT2D eigenvalue weighted by Gasteiger charge is 2.57. The third-order valence-corrected chi connectivity index (χ3v) is 4.73. The summed E-state index contributed by atoms with van der Waals surface area (Å²) in [6.07, 6.45) is 5.30. The highest BCUT2D eigenvalue weighted by atomic mass is 19.1. The molecule has 22 heavy (non-hydrogen) atoms. The lowest BCUT2D eigenvalue weighted by Gasteiger charge is -2.32. The summed E-state index contributed by atoms with van der Waals surface area (Å²) < 4.78 is 26.0. The van der Waals surface area contributed by atoms with Crippen LogP contribution in [0.25, 0.3) is 0 Å². The lowest BCUT2D eigenvalue weighted by atomic mass is 10.0. The Labute approximate surface area is 128 Å². The van der Waals surface area contributed by atoms with Gasteiger partial charge in [-0.25, -0.2) is 4.39 Å². The molecule has 5 nitrogen and oxygen atoms in total. The number of ether oxygens (including phenoxy) is 2. The van der Waals surface area contributed by atoms with Crippen LogP contribution in [0.2, 0.25) is 0 Å². The van der Waals surface area contributed by atoms with E-state index in [1.807, 2.05) is 6.07 Å². The second-order valence-electron chi connectivity index (χ2n) is 6.31. The summed E-state index contributed by atoms with van der Waals surface area (Å²) in [6, 6.07) is 3.55. The normalized spacial score (nSPS) is 32.4. The molecular formula is C16H19FN2O3. The van der Waals surface area contributed by atoms with Crippen molar-refractivity contribution in [1.82, 2.24) is 9.88 Å². The van der Waals surface area contributed by atoms with E-state index in [0.29, 0.717) is 31.7 Å². The van der Waals surface area contributed by atoms with E-state index < -0.39 is 5.67 Å². The number of amides is 1. The van der Waals surface area contributed by atoms with Gasteiger partial charge in [0.05, 0.1) is 18.8 Å². The number of carbonyl (C=O) groups is 1. The minimum absolute atomic E-state index is 0.0730. The minimum atomic E-state index is -1.63. The van der Waals surface area contributed by atoms with Crippen molar-refractivity contribution < 1.29 is 18.7 Å². The van der Waals surface area contributed by atoms with Crippen molar-refractivity contribution in [3.05, 3.63) is 24.5 Å². The van der Waals surface area contributed by atoms with Crippen molar-refractivity contribution in [2.24, 2.45) is 0 Å². The van der Waals surface area contributed by atoms with E-state index in [1.165, 1.54) is 0 Å². The number of hydrogen-bond donors (Lipinski definition) is 0. The van der Waals surface area contributed by atoms with Crippen molar-refractivity contribution in [1.29, 1.82) is 0 Å². The van der Waals surface area contributed by atoms with Gasteiger partial charge in [0.15, 0.2) is 5.67 Å². The van der Waals surface area contributed by atoms with Gasteiger partial charge in [-0.3, -0.25) is 9.78 Å². The standard InChI is InChI=1S/C16H19FN2O3/c17-16(5-6-16)15(20)19-10-13(14-12(19)4-2-8-21-14)22-11-3-1-7-18-9-11/h1,3,7,9,12-14H,2,4-6,8,10H2/t12-,13+,14+/m1/s1. The Bertz CT molecular complexity index is 564. The first-order valence-corrected chi connectivity index (χ1v) is 7.86. The second kappa shape index (κ2) is 5.19. The Balaban J connectivity index is 1.54. The van der Waals surface area contributed by atoms with Gasteiger partial charge in [-0.05, 0) is 37.8 Å². The Kier molecular flexibility index (Phi) is 3.29. The number of pyridine rings is 1. The highest BCUT2D eigenvalue weighted by molar-refractivity contribution is 5.88. The van der Waals surface area contributed by atoms with Gasteiger partial charge in [-0.2, -0.15) is 0 Å². The van der Waals surface area contributed by atoms with Crippen LogP contribution in [0.4, 0.5) is 4.39 Å². The van der Waals surface area contributed by atoms with Crippen molar-refractivity contribution in [2.45, 2.75) is 49.6 Å². The quantitative estimate of drug-likeness (QED) is 0.853. The van der Waals surface area contributed by atoms with E-state index in [-0.39, 0.29) is 24.2 Å². The van der Waals surface area contributed by atoms with Crippen molar-refractivity contribution in [2.75, 3.05) is 13.2 Å². The van der Waals surface area contributed by atoms with Gasteiger partial charge in [-0.1, -0.05) is 0 Å². The summed E-state index contributed by atoms with van der Waals surface area (Å²) in [5, 5.41) is 0. The number of aromatic nitrogens is 1. The molecule has 0 aromatic carbocycles. The van der Waals surface area contributed by atoms with E-state index in [2.05, 4.69) is 4.98 Å². The molecule has 1 aromatic heterocycles. The number of nitrogens with zero attached hydrogens (tertiary/aromatic N) is 2. The predicted octanol–water partition coefficient (Wildman–Crippen LogP) is 1.72. The van der Waals surface area contributed by atoms with Crippen LogP contribution in [0, 0.1) is 0 Å². The van der Waals surface area contributed by atoms with E-state index in [9.17, 15) is 9.18 Å². The van der Waals surface area contributed by atoms with Gasteiger partial charge in [0, 0.05) is 12.8 Å². The smallest absolute Gasteiger partial charge is 0.260 e. The lowest BCUT2D eigenvalue weighted by Crippen LogP contribution is -2.47. The molecule has 2 saturated heterocycles. The molecule has 3 aliphatic rings. The van der Waals surface area contributed by atoms with Crippen LogP contribution in [-0.2, 0) is 9.53 Å². The van der Waals surface area contributed by atoms with Crippen LogP contribution in [0.1, 0.15) is 25.7 Å². The number of carbonyl (C=O) groups excluding carboxylic acids is 1. The minimum Gasteiger partial charge on any atom is -0.484 e. The third kappa shape index (κ3) is 2.35. The fraction of sp³-hybridized carbons (Fsp3) is 0.625. The van der Waals surface area contributed by atoms with Gasteiger partial charge in [-0.15, -0.1) is 0 Å². The SMILES string of the molecule is O=C(N1C[C@H](Oc2cccnc2)[C@H]2OCCC[C@H]21)C1(F)CC1. The molecule has 0 spiro atoms. The maximum Gasteiger partial charge on any atom is 0.260 e. The predicted molar refractivity (Wildman–Crippen MR) is 76.2 cm³/mol. The van der Waals surface area contributed by atoms with Gasteiger partial charge < -0.3 is 14.4 Å². The molecule has 1 aromatic rings. The summed E-state index contributed by atoms with van der Waals surface area (Å²) in [5.74, 6) is 0.265. The van der Waals surface area contributed by atoms with Crippen LogP contribution < -0.4 is 4.74 Å². The van der Waals surface area contributed by atoms with Crippen LogP contribution >= 0.6 is 0 Å². The molecule has 3 fully saturated rings. The van der Waals surface area contributed by atoms with E-state index in [4.69, 9.17) is 9.47 Å². The first-order chi connectivity index (χ1) is 10.7. The molecule has 118 valence electrons. The van der Waals surface area contributed by atoms with Crippen molar-refractivity contribution in [3.63, 3.8) is 0 Å². The molecule has 3 heterocycles. The first-order valence-electron chi connectivity index (χ1n) is 7.86. The van der Waals surface area contributed by atoms with Crippen molar-refractivity contribution in [3.8, 4) is 5.75 Å². The number of hydrogen-bond acceptors (Lipinski definition) is 4. The average molecular weight is 306 g/mol. The fourth-order valence-electron chi connectivity index (χ4n) is 3.42. The molecule has 1 aliphatic carbocycles. The van der Waals surface area contributed by atoms with Crippen LogP contribution in [0.15, 0.2) is 24.5 Å². The van der Waals surface area contributed by atoms with E-state index in [1.54, 1.807) is 23.4 Å². The van der Waals surface area contributed by atoms with Gasteiger partial charge in [0.2, 0.25) is 0 Å². The molecule has 1 amide bonds. The van der Waals surface area contributed by atoms with Gasteiger partial charge in [0.25, 0.3) is 5.91 Å². The second-order valence-corrected chi connectivity index (χ2v) is 6.31.